The topological polar surface area (TPSA) is 44.5 Å². The molecule has 2 heterocycles. The van der Waals surface area contributed by atoms with Crippen LogP contribution in [0.25, 0.3) is 11.1 Å². The first-order valence-corrected chi connectivity index (χ1v) is 8.40. The van der Waals surface area contributed by atoms with Crippen molar-refractivity contribution in [1.29, 1.82) is 0 Å². The first kappa shape index (κ1) is 16.2. The summed E-state index contributed by atoms with van der Waals surface area (Å²) < 4.78 is 5.90. The average molecular weight is 332 g/mol. The molecule has 23 heavy (non-hydrogen) atoms. The van der Waals surface area contributed by atoms with E-state index in [1.807, 2.05) is 18.2 Å². The number of oxazole rings is 1. The van der Waals surface area contributed by atoms with Crippen molar-refractivity contribution >= 4 is 34.1 Å². The summed E-state index contributed by atoms with van der Waals surface area (Å²) in [4.78, 5) is 9.20. The highest BCUT2D eigenvalue weighted by Gasteiger charge is 2.23. The molecule has 1 aromatic heterocycles. The van der Waals surface area contributed by atoms with Crippen molar-refractivity contribution < 1.29 is 4.42 Å². The number of rotatable bonds is 1. The van der Waals surface area contributed by atoms with Gasteiger partial charge in [-0.3, -0.25) is 0 Å². The molecule has 1 fully saturated rings. The molecule has 3 rings (SSSR count). The van der Waals surface area contributed by atoms with Crippen LogP contribution in [-0.4, -0.2) is 53.1 Å². The molecule has 1 aromatic carbocycles. The molecular formula is C17H24N4OS. The van der Waals surface area contributed by atoms with E-state index in [9.17, 15) is 0 Å². The molecule has 1 saturated heterocycles. The molecule has 0 bridgehead atoms. The van der Waals surface area contributed by atoms with Crippen LogP contribution in [0.4, 0.5) is 5.69 Å². The number of para-hydroxylation sites is 1. The molecule has 2 aromatic rings. The number of thiocarbonyl (C=S) groups is 1. The van der Waals surface area contributed by atoms with Gasteiger partial charge in [0.05, 0.1) is 5.69 Å². The lowest BCUT2D eigenvalue weighted by Gasteiger charge is -2.34. The van der Waals surface area contributed by atoms with Gasteiger partial charge in [0.25, 0.3) is 0 Å². The number of nitrogens with one attached hydrogen (secondary N) is 1. The summed E-state index contributed by atoms with van der Waals surface area (Å²) >= 11 is 5.58. The third kappa shape index (κ3) is 3.48. The minimum absolute atomic E-state index is 0.117. The molecule has 0 aliphatic carbocycles. The molecule has 0 unspecified atom stereocenters. The first-order valence-electron chi connectivity index (χ1n) is 7.99. The Labute approximate surface area is 142 Å². The van der Waals surface area contributed by atoms with Crippen molar-refractivity contribution in [2.24, 2.45) is 0 Å². The second-order valence-corrected chi connectivity index (χ2v) is 7.53. The van der Waals surface area contributed by atoms with Gasteiger partial charge >= 0.3 is 0 Å². The Morgan fingerprint density at radius 1 is 1.22 bits per heavy atom. The normalized spacial score (nSPS) is 16.8. The lowest BCUT2D eigenvalue weighted by molar-refractivity contribution is 0.217. The second kappa shape index (κ2) is 6.09. The van der Waals surface area contributed by atoms with Gasteiger partial charge in [-0.25, -0.2) is 4.98 Å². The third-order valence-corrected chi connectivity index (χ3v) is 4.45. The summed E-state index contributed by atoms with van der Waals surface area (Å²) in [6.07, 6.45) is 0. The van der Waals surface area contributed by atoms with Gasteiger partial charge in [-0.05, 0) is 31.4 Å². The zero-order valence-electron chi connectivity index (χ0n) is 14.2. The summed E-state index contributed by atoms with van der Waals surface area (Å²) in [7, 11) is 2.14. The van der Waals surface area contributed by atoms with E-state index >= 15 is 0 Å². The summed E-state index contributed by atoms with van der Waals surface area (Å²) in [5.74, 6) is 0.743. The van der Waals surface area contributed by atoms with E-state index in [-0.39, 0.29) is 5.41 Å². The molecule has 0 atom stereocenters. The van der Waals surface area contributed by atoms with Crippen LogP contribution in [0.3, 0.4) is 0 Å². The van der Waals surface area contributed by atoms with E-state index in [4.69, 9.17) is 16.6 Å². The maximum absolute atomic E-state index is 5.90. The van der Waals surface area contributed by atoms with E-state index in [1.54, 1.807) is 0 Å². The van der Waals surface area contributed by atoms with E-state index in [2.05, 4.69) is 47.9 Å². The Kier molecular flexibility index (Phi) is 4.29. The van der Waals surface area contributed by atoms with Gasteiger partial charge in [-0.15, -0.1) is 0 Å². The van der Waals surface area contributed by atoms with Gasteiger partial charge < -0.3 is 19.5 Å². The highest BCUT2D eigenvalue weighted by Crippen LogP contribution is 2.29. The van der Waals surface area contributed by atoms with Crippen molar-refractivity contribution in [2.45, 2.75) is 26.2 Å². The van der Waals surface area contributed by atoms with E-state index in [0.29, 0.717) is 0 Å². The number of likely N-dealkylation sites (N-methyl/N-ethyl adjacent to an activating group) is 1. The van der Waals surface area contributed by atoms with Gasteiger partial charge in [0.2, 0.25) is 5.89 Å². The number of aromatic nitrogens is 1. The van der Waals surface area contributed by atoms with Crippen LogP contribution in [0.5, 0.6) is 0 Å². The third-order valence-electron chi connectivity index (χ3n) is 4.09. The maximum Gasteiger partial charge on any atom is 0.200 e. The summed E-state index contributed by atoms with van der Waals surface area (Å²) in [5, 5.41) is 4.11. The van der Waals surface area contributed by atoms with Crippen LogP contribution < -0.4 is 5.32 Å². The maximum atomic E-state index is 5.90. The predicted octanol–water partition coefficient (Wildman–Crippen LogP) is 3.07. The van der Waals surface area contributed by atoms with Gasteiger partial charge in [0, 0.05) is 31.6 Å². The molecule has 1 aliphatic rings. The minimum Gasteiger partial charge on any atom is -0.440 e. The van der Waals surface area contributed by atoms with Gasteiger partial charge in [-0.2, -0.15) is 0 Å². The van der Waals surface area contributed by atoms with E-state index < -0.39 is 0 Å². The second-order valence-electron chi connectivity index (χ2n) is 7.14. The quantitative estimate of drug-likeness (QED) is 0.810. The van der Waals surface area contributed by atoms with Crippen molar-refractivity contribution in [3.63, 3.8) is 0 Å². The SMILES string of the molecule is CN1CCN(C(=S)Nc2cccc3oc(C(C)(C)C)nc23)CC1. The fourth-order valence-corrected chi connectivity index (χ4v) is 2.87. The fraction of sp³-hybridized carbons (Fsp3) is 0.529. The predicted molar refractivity (Wildman–Crippen MR) is 98.0 cm³/mol. The molecule has 0 amide bonds. The number of piperazine rings is 1. The Bertz CT molecular complexity index is 711. The van der Waals surface area contributed by atoms with Crippen molar-refractivity contribution in [1.82, 2.24) is 14.8 Å². The van der Waals surface area contributed by atoms with Gasteiger partial charge in [0.15, 0.2) is 10.7 Å². The molecule has 0 saturated carbocycles. The first-order chi connectivity index (χ1) is 10.8. The minimum atomic E-state index is -0.117. The lowest BCUT2D eigenvalue weighted by atomic mass is 9.97. The van der Waals surface area contributed by atoms with Crippen LogP contribution >= 0.6 is 12.2 Å². The van der Waals surface area contributed by atoms with Crippen molar-refractivity contribution in [3.8, 4) is 0 Å². The molecule has 1 aliphatic heterocycles. The monoisotopic (exact) mass is 332 g/mol. The number of fused-ring (bicyclic) bond motifs is 1. The highest BCUT2D eigenvalue weighted by atomic mass is 32.1. The van der Waals surface area contributed by atoms with Crippen molar-refractivity contribution in [2.75, 3.05) is 38.5 Å². The summed E-state index contributed by atoms with van der Waals surface area (Å²) in [5.41, 5.74) is 2.43. The molecule has 5 nitrogen and oxygen atoms in total. The number of benzene rings is 1. The van der Waals surface area contributed by atoms with Crippen LogP contribution in [0.15, 0.2) is 22.6 Å². The lowest BCUT2D eigenvalue weighted by Crippen LogP contribution is -2.48. The Hall–Kier alpha value is -1.66. The van der Waals surface area contributed by atoms with Crippen LogP contribution in [0.1, 0.15) is 26.7 Å². The number of hydrogen-bond acceptors (Lipinski definition) is 4. The summed E-state index contributed by atoms with van der Waals surface area (Å²) in [6.45, 7) is 10.3. The molecular weight excluding hydrogens is 308 g/mol. The number of anilines is 1. The van der Waals surface area contributed by atoms with Crippen molar-refractivity contribution in [3.05, 3.63) is 24.1 Å². The Balaban J connectivity index is 1.82. The summed E-state index contributed by atoms with van der Waals surface area (Å²) in [6, 6.07) is 5.91. The van der Waals surface area contributed by atoms with Gasteiger partial charge in [0.1, 0.15) is 5.52 Å². The van der Waals surface area contributed by atoms with Crippen LogP contribution in [0.2, 0.25) is 0 Å². The largest absolute Gasteiger partial charge is 0.440 e. The molecule has 6 heteroatoms. The van der Waals surface area contributed by atoms with Crippen LogP contribution in [0, 0.1) is 0 Å². The smallest absolute Gasteiger partial charge is 0.200 e. The Morgan fingerprint density at radius 2 is 1.91 bits per heavy atom. The zero-order valence-corrected chi connectivity index (χ0v) is 15.0. The molecule has 124 valence electrons. The Morgan fingerprint density at radius 3 is 2.57 bits per heavy atom. The highest BCUT2D eigenvalue weighted by molar-refractivity contribution is 7.80. The van der Waals surface area contributed by atoms with Gasteiger partial charge in [-0.1, -0.05) is 26.8 Å². The van der Waals surface area contributed by atoms with Crippen LogP contribution in [-0.2, 0) is 5.41 Å². The average Bonchev–Trinajstić information content (AvgIpc) is 2.93. The van der Waals surface area contributed by atoms with E-state index in [0.717, 1.165) is 54.0 Å². The fourth-order valence-electron chi connectivity index (χ4n) is 2.57. The van der Waals surface area contributed by atoms with E-state index in [1.165, 1.54) is 0 Å². The zero-order chi connectivity index (χ0) is 16.6. The molecule has 0 spiro atoms. The molecule has 1 N–H and O–H groups in total. The number of nitrogens with zero attached hydrogens (tertiary/aromatic N) is 3. The number of hydrogen-bond donors (Lipinski definition) is 1. The molecule has 0 radical (unpaired) electrons. The standard InChI is InChI=1S/C17H24N4OS/c1-17(2,3)15-19-14-12(6-5-7-13(14)22-15)18-16(23)21-10-8-20(4)9-11-21/h5-7H,8-11H2,1-4H3,(H,18,23).